The number of hydrogen-bond acceptors (Lipinski definition) is 6. The average Bonchev–Trinajstić information content (AvgIpc) is 3.22. The average molecular weight is 459 g/mol. The molecule has 1 unspecified atom stereocenters. The van der Waals surface area contributed by atoms with Crippen LogP contribution in [0.25, 0.3) is 0 Å². The Hall–Kier alpha value is -1.56. The van der Waals surface area contributed by atoms with Gasteiger partial charge in [-0.15, -0.1) is 0 Å². The van der Waals surface area contributed by atoms with E-state index in [2.05, 4.69) is 26.0 Å². The summed E-state index contributed by atoms with van der Waals surface area (Å²) in [6.45, 7) is 7.82. The number of thioether (sulfide) groups is 1. The Bertz CT molecular complexity index is 937. The lowest BCUT2D eigenvalue weighted by molar-refractivity contribution is -0.165. The molecular formula is C26H34O5S. The lowest BCUT2D eigenvalue weighted by Crippen LogP contribution is -2.54. The van der Waals surface area contributed by atoms with Crippen molar-refractivity contribution in [3.05, 3.63) is 22.6 Å². The number of carbonyl (C=O) groups excluding carboxylic acids is 3. The van der Waals surface area contributed by atoms with E-state index in [-0.39, 0.29) is 39.6 Å². The number of carbonyl (C=O) groups is 3. The van der Waals surface area contributed by atoms with Crippen LogP contribution in [0.5, 0.6) is 0 Å². The Morgan fingerprint density at radius 1 is 1.06 bits per heavy atom. The SMILES string of the molecule is CC(=O)OC1C=C2C=C(SC(C)=O)[C@@H]3[C@H](CC[C@@]4(C)[C@H]3CC[C@@]43CCC(=O)O3)[C@@]2(C)CC1. The van der Waals surface area contributed by atoms with E-state index in [0.717, 1.165) is 49.9 Å². The molecule has 0 amide bonds. The molecule has 5 aliphatic rings. The monoisotopic (exact) mass is 458 g/mol. The van der Waals surface area contributed by atoms with E-state index in [9.17, 15) is 14.4 Å². The fraction of sp³-hybridized carbons (Fsp3) is 0.731. The smallest absolute Gasteiger partial charge is 0.306 e. The summed E-state index contributed by atoms with van der Waals surface area (Å²) < 4.78 is 11.6. The van der Waals surface area contributed by atoms with Crippen molar-refractivity contribution in [2.45, 2.75) is 90.8 Å². The number of rotatable bonds is 2. The van der Waals surface area contributed by atoms with Crippen LogP contribution in [-0.4, -0.2) is 28.8 Å². The molecule has 0 aromatic rings. The molecule has 1 spiro atoms. The zero-order valence-corrected chi connectivity index (χ0v) is 20.4. The quantitative estimate of drug-likeness (QED) is 0.520. The van der Waals surface area contributed by atoms with Crippen LogP contribution in [0.3, 0.4) is 0 Å². The third kappa shape index (κ3) is 3.15. The van der Waals surface area contributed by atoms with Crippen molar-refractivity contribution < 1.29 is 23.9 Å². The highest BCUT2D eigenvalue weighted by Gasteiger charge is 2.67. The van der Waals surface area contributed by atoms with Gasteiger partial charge in [-0.3, -0.25) is 14.4 Å². The minimum absolute atomic E-state index is 0.0194. The molecule has 2 saturated carbocycles. The Balaban J connectivity index is 1.56. The standard InChI is InChI=1S/C26H34O5S/c1-15(27)30-18-5-9-24(3)17(13-18)14-21(32-16(2)28)23-19(24)6-10-25(4)20(23)7-11-26(25)12-8-22(29)31-26/h13-14,18-20,23H,5-12H2,1-4H3/t18?,19-,20-,23+,24-,25-,26+/m0/s1. The van der Waals surface area contributed by atoms with Gasteiger partial charge in [-0.25, -0.2) is 0 Å². The highest BCUT2D eigenvalue weighted by Crippen LogP contribution is 2.70. The molecule has 1 saturated heterocycles. The summed E-state index contributed by atoms with van der Waals surface area (Å²) in [6, 6.07) is 0. The first-order chi connectivity index (χ1) is 15.1. The molecule has 0 bridgehead atoms. The molecule has 7 atom stereocenters. The summed E-state index contributed by atoms with van der Waals surface area (Å²) in [5.74, 6) is 0.877. The van der Waals surface area contributed by atoms with E-state index in [1.54, 1.807) is 6.92 Å². The van der Waals surface area contributed by atoms with E-state index in [0.29, 0.717) is 24.2 Å². The van der Waals surface area contributed by atoms with Crippen molar-refractivity contribution in [1.29, 1.82) is 0 Å². The fourth-order valence-electron chi connectivity index (χ4n) is 8.04. The zero-order chi connectivity index (χ0) is 22.9. The van der Waals surface area contributed by atoms with Crippen molar-refractivity contribution in [3.63, 3.8) is 0 Å². The summed E-state index contributed by atoms with van der Waals surface area (Å²) in [6.07, 6.45) is 11.5. The number of esters is 2. The van der Waals surface area contributed by atoms with E-state index >= 15 is 0 Å². The molecule has 5 nitrogen and oxygen atoms in total. The number of hydrogen-bond donors (Lipinski definition) is 0. The highest BCUT2D eigenvalue weighted by atomic mass is 32.2. The maximum Gasteiger partial charge on any atom is 0.306 e. The zero-order valence-electron chi connectivity index (χ0n) is 19.6. The topological polar surface area (TPSA) is 69.7 Å². The van der Waals surface area contributed by atoms with Crippen molar-refractivity contribution >= 4 is 28.8 Å². The van der Waals surface area contributed by atoms with Crippen molar-refractivity contribution in [2.24, 2.45) is 28.6 Å². The van der Waals surface area contributed by atoms with Crippen LogP contribution in [0.1, 0.15) is 79.1 Å². The van der Waals surface area contributed by atoms with Gasteiger partial charge in [0.2, 0.25) is 0 Å². The Morgan fingerprint density at radius 2 is 1.81 bits per heavy atom. The molecule has 32 heavy (non-hydrogen) atoms. The Labute approximate surface area is 194 Å². The predicted molar refractivity (Wildman–Crippen MR) is 122 cm³/mol. The number of allylic oxidation sites excluding steroid dienone is 3. The lowest BCUT2D eigenvalue weighted by Gasteiger charge is -2.58. The van der Waals surface area contributed by atoms with Crippen LogP contribution in [0, 0.1) is 28.6 Å². The van der Waals surface area contributed by atoms with Gasteiger partial charge in [0.1, 0.15) is 11.7 Å². The highest BCUT2D eigenvalue weighted by molar-refractivity contribution is 8.16. The van der Waals surface area contributed by atoms with Crippen LogP contribution < -0.4 is 0 Å². The van der Waals surface area contributed by atoms with E-state index in [1.165, 1.54) is 24.3 Å². The van der Waals surface area contributed by atoms with Crippen LogP contribution in [0.15, 0.2) is 22.6 Å². The van der Waals surface area contributed by atoms with E-state index in [4.69, 9.17) is 9.47 Å². The first-order valence-electron chi connectivity index (χ1n) is 12.1. The van der Waals surface area contributed by atoms with Gasteiger partial charge >= 0.3 is 11.9 Å². The third-order valence-corrected chi connectivity index (χ3v) is 10.5. The Morgan fingerprint density at radius 3 is 2.47 bits per heavy atom. The second kappa shape index (κ2) is 7.48. The predicted octanol–water partition coefficient (Wildman–Crippen LogP) is 5.34. The van der Waals surface area contributed by atoms with Crippen molar-refractivity contribution in [2.75, 3.05) is 0 Å². The van der Waals surface area contributed by atoms with Gasteiger partial charge in [-0.2, -0.15) is 0 Å². The summed E-state index contributed by atoms with van der Waals surface area (Å²) >= 11 is 1.38. The van der Waals surface area contributed by atoms with Gasteiger partial charge in [0.15, 0.2) is 5.12 Å². The normalized spacial score (nSPS) is 44.7. The molecule has 174 valence electrons. The van der Waals surface area contributed by atoms with Crippen molar-refractivity contribution in [3.8, 4) is 0 Å². The minimum atomic E-state index is -0.324. The van der Waals surface area contributed by atoms with Gasteiger partial charge in [0, 0.05) is 25.7 Å². The molecule has 1 heterocycles. The summed E-state index contributed by atoms with van der Waals surface area (Å²) in [5, 5.41) is 0.110. The summed E-state index contributed by atoms with van der Waals surface area (Å²) in [7, 11) is 0. The molecule has 6 heteroatoms. The van der Waals surface area contributed by atoms with Crippen molar-refractivity contribution in [1.82, 2.24) is 0 Å². The summed E-state index contributed by atoms with van der Waals surface area (Å²) in [4.78, 5) is 37.1. The van der Waals surface area contributed by atoms with Crippen LogP contribution in [0.4, 0.5) is 0 Å². The second-order valence-corrected chi connectivity index (χ2v) is 12.3. The maximum atomic E-state index is 12.3. The third-order valence-electron chi connectivity index (χ3n) is 9.60. The minimum Gasteiger partial charge on any atom is -0.458 e. The molecule has 0 aromatic heterocycles. The Kier molecular flexibility index (Phi) is 5.20. The van der Waals surface area contributed by atoms with E-state index < -0.39 is 0 Å². The van der Waals surface area contributed by atoms with Gasteiger partial charge in [0.25, 0.3) is 0 Å². The fourth-order valence-corrected chi connectivity index (χ4v) is 9.02. The van der Waals surface area contributed by atoms with Crippen LogP contribution in [-0.2, 0) is 23.9 Å². The number of fused-ring (bicyclic) bond motifs is 6. The molecular weight excluding hydrogens is 424 g/mol. The van der Waals surface area contributed by atoms with Crippen LogP contribution >= 0.6 is 11.8 Å². The molecule has 3 fully saturated rings. The largest absolute Gasteiger partial charge is 0.458 e. The number of ether oxygens (including phenoxy) is 2. The molecule has 0 N–H and O–H groups in total. The first kappa shape index (κ1) is 22.2. The molecule has 1 aliphatic heterocycles. The maximum absolute atomic E-state index is 12.3. The van der Waals surface area contributed by atoms with Gasteiger partial charge in [-0.05, 0) is 90.7 Å². The van der Waals surface area contributed by atoms with Crippen LogP contribution in [0.2, 0.25) is 0 Å². The molecule has 0 aromatic carbocycles. The van der Waals surface area contributed by atoms with Gasteiger partial charge in [0.05, 0.1) is 0 Å². The van der Waals surface area contributed by atoms with Gasteiger partial charge < -0.3 is 9.47 Å². The molecule has 5 rings (SSSR count). The second-order valence-electron chi connectivity index (χ2n) is 11.1. The molecule has 0 radical (unpaired) electrons. The molecule has 4 aliphatic carbocycles. The summed E-state index contributed by atoms with van der Waals surface area (Å²) in [5.41, 5.74) is 0.883. The lowest BCUT2D eigenvalue weighted by atomic mass is 9.48. The van der Waals surface area contributed by atoms with Gasteiger partial charge in [-0.1, -0.05) is 25.6 Å². The first-order valence-corrected chi connectivity index (χ1v) is 12.9. The van der Waals surface area contributed by atoms with E-state index in [1.807, 2.05) is 0 Å².